The Labute approximate surface area is 97.2 Å². The molecule has 0 aliphatic rings. The van der Waals surface area contributed by atoms with Crippen LogP contribution < -0.4 is 11.2 Å². The first-order chi connectivity index (χ1) is 7.00. The van der Waals surface area contributed by atoms with Gasteiger partial charge in [-0.2, -0.15) is 0 Å². The first-order valence-corrected chi connectivity index (χ1v) is 5.53. The Balaban J connectivity index is 2.67. The molecule has 4 nitrogen and oxygen atoms in total. The number of aromatic nitrogens is 1. The summed E-state index contributed by atoms with van der Waals surface area (Å²) in [7, 11) is 0. The molecule has 0 bridgehead atoms. The normalized spacial score (nSPS) is 10.9. The number of halogens is 1. The third-order valence-electron chi connectivity index (χ3n) is 1.75. The summed E-state index contributed by atoms with van der Waals surface area (Å²) in [5.41, 5.74) is 5.57. The van der Waals surface area contributed by atoms with Crippen molar-refractivity contribution in [3.63, 3.8) is 0 Å². The zero-order chi connectivity index (χ0) is 11.4. The van der Waals surface area contributed by atoms with Crippen molar-refractivity contribution in [2.75, 3.05) is 12.3 Å². The van der Waals surface area contributed by atoms with Crippen molar-refractivity contribution in [1.29, 1.82) is 0 Å². The lowest BCUT2D eigenvalue weighted by Crippen LogP contribution is -2.15. The standard InChI is InChI=1S/C10H15BrN2O2/c1-7(2)5-15-6-13-3-8(11)10(14)9(12)4-13/h3-4,7H,5-6,12H2,1-2H3. The molecule has 0 spiro atoms. The van der Waals surface area contributed by atoms with Gasteiger partial charge in [0.15, 0.2) is 0 Å². The molecule has 0 aromatic carbocycles. The quantitative estimate of drug-likeness (QED) is 0.911. The molecule has 0 saturated heterocycles. The molecular formula is C10H15BrN2O2. The van der Waals surface area contributed by atoms with Crippen molar-refractivity contribution < 1.29 is 4.74 Å². The van der Waals surface area contributed by atoms with Gasteiger partial charge in [-0.25, -0.2) is 0 Å². The van der Waals surface area contributed by atoms with Crippen LogP contribution in [0.3, 0.4) is 0 Å². The van der Waals surface area contributed by atoms with Gasteiger partial charge in [0.1, 0.15) is 6.73 Å². The van der Waals surface area contributed by atoms with Gasteiger partial charge in [0.2, 0.25) is 5.43 Å². The first-order valence-electron chi connectivity index (χ1n) is 4.73. The molecule has 1 heterocycles. The van der Waals surface area contributed by atoms with Crippen LogP contribution in [0.1, 0.15) is 13.8 Å². The van der Waals surface area contributed by atoms with Crippen molar-refractivity contribution >= 4 is 21.6 Å². The maximum absolute atomic E-state index is 11.3. The van der Waals surface area contributed by atoms with E-state index in [9.17, 15) is 4.79 Å². The third kappa shape index (κ3) is 3.68. The number of hydrogen-bond donors (Lipinski definition) is 1. The van der Waals surface area contributed by atoms with Crippen LogP contribution in [0.25, 0.3) is 0 Å². The second-order valence-corrected chi connectivity index (χ2v) is 4.65. The highest BCUT2D eigenvalue weighted by Crippen LogP contribution is 2.06. The maximum atomic E-state index is 11.3. The molecule has 0 unspecified atom stereocenters. The van der Waals surface area contributed by atoms with Crippen LogP contribution >= 0.6 is 15.9 Å². The second-order valence-electron chi connectivity index (χ2n) is 3.80. The number of nitrogens with two attached hydrogens (primary N) is 1. The van der Waals surface area contributed by atoms with E-state index in [0.717, 1.165) is 0 Å². The van der Waals surface area contributed by atoms with Crippen molar-refractivity contribution in [3.05, 3.63) is 27.1 Å². The average molecular weight is 275 g/mol. The van der Waals surface area contributed by atoms with Crippen LogP contribution in [0.4, 0.5) is 5.69 Å². The minimum atomic E-state index is -0.185. The lowest BCUT2D eigenvalue weighted by atomic mass is 10.2. The molecule has 1 aromatic heterocycles. The van der Waals surface area contributed by atoms with Gasteiger partial charge >= 0.3 is 0 Å². The fraction of sp³-hybridized carbons (Fsp3) is 0.500. The molecule has 0 radical (unpaired) electrons. The molecule has 0 saturated carbocycles. The van der Waals surface area contributed by atoms with Crippen LogP contribution in [0.5, 0.6) is 0 Å². The Morgan fingerprint density at radius 1 is 1.53 bits per heavy atom. The van der Waals surface area contributed by atoms with Gasteiger partial charge in [0.25, 0.3) is 0 Å². The zero-order valence-corrected chi connectivity index (χ0v) is 10.5. The van der Waals surface area contributed by atoms with Gasteiger partial charge in [0, 0.05) is 12.4 Å². The topological polar surface area (TPSA) is 57.2 Å². The molecule has 0 amide bonds. The summed E-state index contributed by atoms with van der Waals surface area (Å²) >= 11 is 3.15. The Morgan fingerprint density at radius 3 is 2.73 bits per heavy atom. The number of nitrogens with zero attached hydrogens (tertiary/aromatic N) is 1. The predicted octanol–water partition coefficient (Wildman–Crippen LogP) is 1.82. The monoisotopic (exact) mass is 274 g/mol. The Bertz CT molecular complexity index is 361. The smallest absolute Gasteiger partial charge is 0.218 e. The highest BCUT2D eigenvalue weighted by molar-refractivity contribution is 9.10. The van der Waals surface area contributed by atoms with E-state index in [4.69, 9.17) is 10.5 Å². The third-order valence-corrected chi connectivity index (χ3v) is 2.32. The van der Waals surface area contributed by atoms with Gasteiger partial charge in [-0.15, -0.1) is 0 Å². The number of hydrogen-bond acceptors (Lipinski definition) is 3. The molecule has 1 rings (SSSR count). The van der Waals surface area contributed by atoms with E-state index in [1.54, 1.807) is 17.0 Å². The summed E-state index contributed by atoms with van der Waals surface area (Å²) in [4.78, 5) is 11.3. The van der Waals surface area contributed by atoms with Gasteiger partial charge in [0.05, 0.1) is 16.8 Å². The van der Waals surface area contributed by atoms with Crippen LogP contribution in [0.2, 0.25) is 0 Å². The van der Waals surface area contributed by atoms with Gasteiger partial charge in [-0.3, -0.25) is 4.79 Å². The molecule has 5 heteroatoms. The van der Waals surface area contributed by atoms with E-state index in [2.05, 4.69) is 29.8 Å². The Kier molecular flexibility index (Phi) is 4.35. The Hall–Kier alpha value is -0.810. The highest BCUT2D eigenvalue weighted by atomic mass is 79.9. The van der Waals surface area contributed by atoms with Crippen LogP contribution in [-0.2, 0) is 11.5 Å². The molecule has 84 valence electrons. The van der Waals surface area contributed by atoms with Gasteiger partial charge < -0.3 is 15.0 Å². The average Bonchev–Trinajstić information content (AvgIpc) is 2.13. The summed E-state index contributed by atoms with van der Waals surface area (Å²) in [5, 5.41) is 0. The highest BCUT2D eigenvalue weighted by Gasteiger charge is 2.02. The second kappa shape index (κ2) is 5.32. The number of anilines is 1. The summed E-state index contributed by atoms with van der Waals surface area (Å²) < 4.78 is 7.61. The van der Waals surface area contributed by atoms with E-state index in [1.807, 2.05) is 0 Å². The summed E-state index contributed by atoms with van der Waals surface area (Å²) in [6, 6.07) is 0. The van der Waals surface area contributed by atoms with Crippen LogP contribution in [0, 0.1) is 5.92 Å². The number of rotatable bonds is 4. The zero-order valence-electron chi connectivity index (χ0n) is 8.87. The molecule has 0 fully saturated rings. The number of ether oxygens (including phenoxy) is 1. The van der Waals surface area contributed by atoms with Crippen LogP contribution in [-0.4, -0.2) is 11.2 Å². The molecule has 2 N–H and O–H groups in total. The van der Waals surface area contributed by atoms with Crippen molar-refractivity contribution in [2.24, 2.45) is 5.92 Å². The fourth-order valence-electron chi connectivity index (χ4n) is 1.08. The molecule has 1 aromatic rings. The SMILES string of the molecule is CC(C)COCn1cc(N)c(=O)c(Br)c1. The lowest BCUT2D eigenvalue weighted by molar-refractivity contribution is 0.0574. The number of pyridine rings is 1. The molecular weight excluding hydrogens is 260 g/mol. The molecule has 15 heavy (non-hydrogen) atoms. The summed E-state index contributed by atoms with van der Waals surface area (Å²) in [6.07, 6.45) is 3.24. The number of nitrogen functional groups attached to an aromatic ring is 1. The van der Waals surface area contributed by atoms with E-state index in [0.29, 0.717) is 23.7 Å². The van der Waals surface area contributed by atoms with E-state index in [1.165, 1.54) is 0 Å². The molecule has 0 aliphatic carbocycles. The van der Waals surface area contributed by atoms with E-state index >= 15 is 0 Å². The molecule has 0 aliphatic heterocycles. The minimum absolute atomic E-state index is 0.185. The Morgan fingerprint density at radius 2 is 2.20 bits per heavy atom. The first kappa shape index (κ1) is 12.3. The maximum Gasteiger partial charge on any atom is 0.218 e. The summed E-state index contributed by atoms with van der Waals surface area (Å²) in [5.74, 6) is 0.491. The largest absolute Gasteiger partial charge is 0.394 e. The van der Waals surface area contributed by atoms with Crippen molar-refractivity contribution in [3.8, 4) is 0 Å². The van der Waals surface area contributed by atoms with Gasteiger partial charge in [-0.1, -0.05) is 13.8 Å². The predicted molar refractivity (Wildman–Crippen MR) is 63.6 cm³/mol. The fourth-order valence-corrected chi connectivity index (χ4v) is 1.58. The van der Waals surface area contributed by atoms with E-state index in [-0.39, 0.29) is 11.1 Å². The van der Waals surface area contributed by atoms with Crippen molar-refractivity contribution in [1.82, 2.24) is 4.57 Å². The van der Waals surface area contributed by atoms with Gasteiger partial charge in [-0.05, 0) is 21.8 Å². The molecule has 0 atom stereocenters. The lowest BCUT2D eigenvalue weighted by Gasteiger charge is -2.10. The minimum Gasteiger partial charge on any atom is -0.394 e. The van der Waals surface area contributed by atoms with Crippen LogP contribution in [0.15, 0.2) is 21.7 Å². The summed E-state index contributed by atoms with van der Waals surface area (Å²) in [6.45, 7) is 5.25. The van der Waals surface area contributed by atoms with Crippen molar-refractivity contribution in [2.45, 2.75) is 20.6 Å². The van der Waals surface area contributed by atoms with E-state index < -0.39 is 0 Å².